The molecule has 0 spiro atoms. The summed E-state index contributed by atoms with van der Waals surface area (Å²) in [5, 5.41) is 4.13. The van der Waals surface area contributed by atoms with Crippen LogP contribution in [0, 0.1) is 5.82 Å². The molecule has 3 aromatic rings. The van der Waals surface area contributed by atoms with Gasteiger partial charge in [-0.15, -0.1) is 0 Å². The molecule has 1 amide bonds. The van der Waals surface area contributed by atoms with E-state index in [0.29, 0.717) is 13.1 Å². The van der Waals surface area contributed by atoms with Crippen molar-refractivity contribution in [3.63, 3.8) is 0 Å². The van der Waals surface area contributed by atoms with E-state index in [9.17, 15) is 17.6 Å². The number of carbonyl (C=O) groups is 1. The van der Waals surface area contributed by atoms with E-state index in [-0.39, 0.29) is 33.1 Å². The van der Waals surface area contributed by atoms with Gasteiger partial charge in [0.05, 0.1) is 11.1 Å². The molecule has 8 nitrogen and oxygen atoms in total. The molecule has 1 N–H and O–H groups in total. The predicted octanol–water partition coefficient (Wildman–Crippen LogP) is 3.35. The quantitative estimate of drug-likeness (QED) is 0.625. The average Bonchev–Trinajstić information content (AvgIpc) is 3.30. The van der Waals surface area contributed by atoms with Crippen molar-refractivity contribution < 1.29 is 17.6 Å². The van der Waals surface area contributed by atoms with Crippen molar-refractivity contribution in [3.8, 4) is 0 Å². The van der Waals surface area contributed by atoms with E-state index < -0.39 is 15.8 Å². The van der Waals surface area contributed by atoms with E-state index >= 15 is 0 Å². The van der Waals surface area contributed by atoms with Crippen molar-refractivity contribution in [2.75, 3.05) is 17.8 Å². The van der Waals surface area contributed by atoms with Crippen LogP contribution in [0.25, 0.3) is 0 Å². The van der Waals surface area contributed by atoms with E-state index in [1.165, 1.54) is 36.7 Å². The number of aromatic nitrogens is 3. The van der Waals surface area contributed by atoms with Crippen LogP contribution in [0.3, 0.4) is 0 Å². The molecule has 1 aliphatic rings. The van der Waals surface area contributed by atoms with Gasteiger partial charge in [-0.05, 0) is 55.3 Å². The molecule has 1 saturated heterocycles. The molecule has 1 fully saturated rings. The highest BCUT2D eigenvalue weighted by Gasteiger charge is 2.27. The molecule has 0 radical (unpaired) electrons. The SMILES string of the molecule is O=C(c1ccc(Cl)c(S(=O)(=O)Nc2ccc(F)cc2)c1)N1CCC(n2cncn2)CC1. The summed E-state index contributed by atoms with van der Waals surface area (Å²) in [4.78, 5) is 18.4. The van der Waals surface area contributed by atoms with E-state index in [1.54, 1.807) is 15.9 Å². The Labute approximate surface area is 183 Å². The number of carbonyl (C=O) groups excluding carboxylic acids is 1. The van der Waals surface area contributed by atoms with Crippen molar-refractivity contribution in [3.05, 3.63) is 71.5 Å². The van der Waals surface area contributed by atoms with Crippen molar-refractivity contribution >= 4 is 33.2 Å². The molecule has 0 bridgehead atoms. The molecule has 1 aromatic heterocycles. The summed E-state index contributed by atoms with van der Waals surface area (Å²) in [6.07, 6.45) is 4.58. The van der Waals surface area contributed by atoms with Crippen LogP contribution in [0.2, 0.25) is 5.02 Å². The monoisotopic (exact) mass is 463 g/mol. The number of hydrogen-bond acceptors (Lipinski definition) is 5. The predicted molar refractivity (Wildman–Crippen MR) is 113 cm³/mol. The first-order chi connectivity index (χ1) is 14.8. The molecule has 2 aromatic carbocycles. The third-order valence-electron chi connectivity index (χ3n) is 5.13. The highest BCUT2D eigenvalue weighted by atomic mass is 35.5. The zero-order valence-corrected chi connectivity index (χ0v) is 17.9. The minimum absolute atomic E-state index is 0.0175. The Bertz CT molecular complexity index is 1180. The first-order valence-electron chi connectivity index (χ1n) is 9.55. The number of anilines is 1. The minimum Gasteiger partial charge on any atom is -0.338 e. The molecule has 0 aliphatic carbocycles. The molecular weight excluding hydrogens is 445 g/mol. The number of halogens is 2. The second kappa shape index (κ2) is 8.64. The van der Waals surface area contributed by atoms with Gasteiger partial charge in [-0.3, -0.25) is 9.52 Å². The van der Waals surface area contributed by atoms with Crippen LogP contribution in [-0.4, -0.2) is 47.1 Å². The Morgan fingerprint density at radius 2 is 1.84 bits per heavy atom. The van der Waals surface area contributed by atoms with E-state index in [1.807, 2.05) is 0 Å². The third-order valence-corrected chi connectivity index (χ3v) is 6.99. The van der Waals surface area contributed by atoms with E-state index in [0.717, 1.165) is 25.0 Å². The summed E-state index contributed by atoms with van der Waals surface area (Å²) >= 11 is 6.12. The summed E-state index contributed by atoms with van der Waals surface area (Å²) in [7, 11) is -4.08. The van der Waals surface area contributed by atoms with Gasteiger partial charge in [0.25, 0.3) is 15.9 Å². The first-order valence-corrected chi connectivity index (χ1v) is 11.4. The van der Waals surface area contributed by atoms with Crippen LogP contribution in [0.5, 0.6) is 0 Å². The zero-order valence-electron chi connectivity index (χ0n) is 16.3. The Hall–Kier alpha value is -2.98. The van der Waals surface area contributed by atoms with Crippen LogP contribution in [0.1, 0.15) is 29.2 Å². The number of amides is 1. The highest BCUT2D eigenvalue weighted by Crippen LogP contribution is 2.27. The van der Waals surface area contributed by atoms with Crippen LogP contribution in [-0.2, 0) is 10.0 Å². The van der Waals surface area contributed by atoms with E-state index in [2.05, 4.69) is 14.8 Å². The van der Waals surface area contributed by atoms with Gasteiger partial charge in [0, 0.05) is 24.3 Å². The second-order valence-corrected chi connectivity index (χ2v) is 9.21. The summed E-state index contributed by atoms with van der Waals surface area (Å²) in [6.45, 7) is 1.03. The summed E-state index contributed by atoms with van der Waals surface area (Å²) in [5.41, 5.74) is 0.410. The van der Waals surface area contributed by atoms with Gasteiger partial charge >= 0.3 is 0 Å². The van der Waals surface area contributed by atoms with Crippen LogP contribution in [0.15, 0.2) is 60.0 Å². The van der Waals surface area contributed by atoms with E-state index in [4.69, 9.17) is 11.6 Å². The molecule has 0 unspecified atom stereocenters. The standard InChI is InChI=1S/C20H19ClFN5O3S/c21-18-6-1-14(11-19(18)31(29,30)25-16-4-2-15(22)3-5-16)20(28)26-9-7-17(8-10-26)27-13-23-12-24-27/h1-6,11-13,17,25H,7-10H2. The van der Waals surface area contributed by atoms with Gasteiger partial charge < -0.3 is 4.90 Å². The van der Waals surface area contributed by atoms with Gasteiger partial charge in [-0.1, -0.05) is 11.6 Å². The molecule has 162 valence electrons. The lowest BCUT2D eigenvalue weighted by molar-refractivity contribution is 0.0689. The second-order valence-electron chi connectivity index (χ2n) is 7.16. The van der Waals surface area contributed by atoms with Crippen molar-refractivity contribution in [2.24, 2.45) is 0 Å². The lowest BCUT2D eigenvalue weighted by Gasteiger charge is -2.32. The highest BCUT2D eigenvalue weighted by molar-refractivity contribution is 7.92. The molecule has 11 heteroatoms. The normalized spacial score (nSPS) is 15.1. The Balaban J connectivity index is 1.50. The van der Waals surface area contributed by atoms with Crippen LogP contribution in [0.4, 0.5) is 10.1 Å². The molecule has 1 aliphatic heterocycles. The van der Waals surface area contributed by atoms with Gasteiger partial charge in [-0.2, -0.15) is 5.10 Å². The maximum atomic E-state index is 13.1. The summed E-state index contributed by atoms with van der Waals surface area (Å²) in [5.74, 6) is -0.756. The van der Waals surface area contributed by atoms with Crippen LogP contribution >= 0.6 is 11.6 Å². The molecule has 0 atom stereocenters. The van der Waals surface area contributed by atoms with Gasteiger partial charge in [0.15, 0.2) is 0 Å². The maximum Gasteiger partial charge on any atom is 0.263 e. The lowest BCUT2D eigenvalue weighted by Crippen LogP contribution is -2.39. The van der Waals surface area contributed by atoms with Crippen molar-refractivity contribution in [2.45, 2.75) is 23.8 Å². The molecule has 31 heavy (non-hydrogen) atoms. The summed E-state index contributed by atoms with van der Waals surface area (Å²) in [6, 6.07) is 9.21. The fourth-order valence-electron chi connectivity index (χ4n) is 3.49. The van der Waals surface area contributed by atoms with Gasteiger partial charge in [0.1, 0.15) is 23.4 Å². The fourth-order valence-corrected chi connectivity index (χ4v) is 5.08. The lowest BCUT2D eigenvalue weighted by atomic mass is 10.0. The largest absolute Gasteiger partial charge is 0.338 e. The molecular formula is C20H19ClFN5O3S. The number of piperidine rings is 1. The average molecular weight is 464 g/mol. The molecule has 4 rings (SSSR count). The smallest absolute Gasteiger partial charge is 0.263 e. The number of hydrogen-bond donors (Lipinski definition) is 1. The maximum absolute atomic E-state index is 13.1. The molecule has 2 heterocycles. The van der Waals surface area contributed by atoms with Gasteiger partial charge in [-0.25, -0.2) is 22.5 Å². The summed E-state index contributed by atoms with van der Waals surface area (Å²) < 4.78 is 42.8. The minimum atomic E-state index is -4.08. The zero-order chi connectivity index (χ0) is 22.0. The van der Waals surface area contributed by atoms with Gasteiger partial charge in [0.2, 0.25) is 0 Å². The first kappa shape index (κ1) is 21.3. The topological polar surface area (TPSA) is 97.2 Å². The Morgan fingerprint density at radius 3 is 2.48 bits per heavy atom. The third kappa shape index (κ3) is 4.70. The fraction of sp³-hybridized carbons (Fsp3) is 0.250. The number of sulfonamides is 1. The number of likely N-dealkylation sites (tertiary alicyclic amines) is 1. The van der Waals surface area contributed by atoms with Crippen LogP contribution < -0.4 is 4.72 Å². The van der Waals surface area contributed by atoms with Crippen molar-refractivity contribution in [1.82, 2.24) is 19.7 Å². The number of rotatable bonds is 5. The van der Waals surface area contributed by atoms with Crippen molar-refractivity contribution in [1.29, 1.82) is 0 Å². The Morgan fingerprint density at radius 1 is 1.13 bits per heavy atom. The number of nitrogens with one attached hydrogen (secondary N) is 1. The molecule has 0 saturated carbocycles. The number of nitrogens with zero attached hydrogens (tertiary/aromatic N) is 4. The number of benzene rings is 2. The Kier molecular flexibility index (Phi) is 5.92.